The van der Waals surface area contributed by atoms with Crippen molar-refractivity contribution >= 4 is 21.1 Å². The summed E-state index contributed by atoms with van der Waals surface area (Å²) in [5, 5.41) is 0. The second-order valence-electron chi connectivity index (χ2n) is 7.00. The molecule has 166 valence electrons. The molecule has 0 saturated carbocycles. The van der Waals surface area contributed by atoms with Crippen molar-refractivity contribution in [1.29, 1.82) is 0 Å². The molecule has 7 nitrogen and oxygen atoms in total. The lowest BCUT2D eigenvalue weighted by Gasteiger charge is -2.13. The van der Waals surface area contributed by atoms with E-state index in [-0.39, 0.29) is 17.3 Å². The highest BCUT2D eigenvalue weighted by Gasteiger charge is 2.18. The van der Waals surface area contributed by atoms with E-state index in [1.54, 1.807) is 18.2 Å². The molecule has 1 heterocycles. The SMILES string of the molecule is COc1ccc(S(=O)(=O)NCCn2c(-c3ccc(F)cc3)nc3ccccc32)cc1OC. The van der Waals surface area contributed by atoms with E-state index in [4.69, 9.17) is 9.47 Å². The Morgan fingerprint density at radius 3 is 2.41 bits per heavy atom. The summed E-state index contributed by atoms with van der Waals surface area (Å²) in [5.41, 5.74) is 2.37. The van der Waals surface area contributed by atoms with Gasteiger partial charge < -0.3 is 14.0 Å². The Kier molecular flexibility index (Phi) is 6.11. The largest absolute Gasteiger partial charge is 0.493 e. The molecule has 0 atom stereocenters. The van der Waals surface area contributed by atoms with E-state index in [0.717, 1.165) is 16.6 Å². The second kappa shape index (κ2) is 8.97. The Labute approximate surface area is 185 Å². The molecular formula is C23H22FN3O4S. The van der Waals surface area contributed by atoms with E-state index in [1.165, 1.54) is 38.5 Å². The van der Waals surface area contributed by atoms with E-state index in [1.807, 2.05) is 28.8 Å². The average molecular weight is 456 g/mol. The third-order valence-corrected chi connectivity index (χ3v) is 6.51. The number of rotatable bonds is 8. The van der Waals surface area contributed by atoms with E-state index < -0.39 is 10.0 Å². The highest BCUT2D eigenvalue weighted by Crippen LogP contribution is 2.29. The van der Waals surface area contributed by atoms with Crippen LogP contribution in [0, 0.1) is 5.82 Å². The van der Waals surface area contributed by atoms with Crippen molar-refractivity contribution in [1.82, 2.24) is 14.3 Å². The summed E-state index contributed by atoms with van der Waals surface area (Å²) in [6.07, 6.45) is 0. The maximum Gasteiger partial charge on any atom is 0.240 e. The van der Waals surface area contributed by atoms with Gasteiger partial charge in [-0.05, 0) is 48.5 Å². The van der Waals surface area contributed by atoms with Gasteiger partial charge in [0.1, 0.15) is 11.6 Å². The van der Waals surface area contributed by atoms with E-state index in [2.05, 4.69) is 9.71 Å². The van der Waals surface area contributed by atoms with Gasteiger partial charge in [-0.15, -0.1) is 0 Å². The first-order valence-electron chi connectivity index (χ1n) is 9.86. The van der Waals surface area contributed by atoms with Gasteiger partial charge in [0.15, 0.2) is 11.5 Å². The zero-order valence-corrected chi connectivity index (χ0v) is 18.4. The molecule has 0 bridgehead atoms. The number of hydrogen-bond donors (Lipinski definition) is 1. The molecule has 32 heavy (non-hydrogen) atoms. The quantitative estimate of drug-likeness (QED) is 0.437. The number of hydrogen-bond acceptors (Lipinski definition) is 5. The Balaban J connectivity index is 1.59. The van der Waals surface area contributed by atoms with Gasteiger partial charge in [0.05, 0.1) is 30.1 Å². The van der Waals surface area contributed by atoms with Crippen molar-refractivity contribution in [3.05, 3.63) is 72.5 Å². The predicted octanol–water partition coefficient (Wildman–Crippen LogP) is 3.84. The molecule has 4 rings (SSSR count). The smallest absolute Gasteiger partial charge is 0.240 e. The van der Waals surface area contributed by atoms with Crippen LogP contribution in [-0.4, -0.2) is 38.7 Å². The molecule has 0 fully saturated rings. The van der Waals surface area contributed by atoms with Crippen molar-refractivity contribution in [2.45, 2.75) is 11.4 Å². The molecule has 1 N–H and O–H groups in total. The summed E-state index contributed by atoms with van der Waals surface area (Å²) in [6.45, 7) is 0.463. The molecule has 0 aliphatic carbocycles. The van der Waals surface area contributed by atoms with Gasteiger partial charge >= 0.3 is 0 Å². The number of halogens is 1. The third kappa shape index (κ3) is 4.30. The Morgan fingerprint density at radius 2 is 1.69 bits per heavy atom. The molecule has 0 aliphatic heterocycles. The minimum Gasteiger partial charge on any atom is -0.493 e. The van der Waals surface area contributed by atoms with Gasteiger partial charge in [-0.3, -0.25) is 0 Å². The van der Waals surface area contributed by atoms with E-state index in [0.29, 0.717) is 23.9 Å². The van der Waals surface area contributed by atoms with Gasteiger partial charge in [-0.2, -0.15) is 0 Å². The normalized spacial score (nSPS) is 11.6. The summed E-state index contributed by atoms with van der Waals surface area (Å²) >= 11 is 0. The lowest BCUT2D eigenvalue weighted by Crippen LogP contribution is -2.27. The predicted molar refractivity (Wildman–Crippen MR) is 120 cm³/mol. The van der Waals surface area contributed by atoms with Crippen molar-refractivity contribution in [2.24, 2.45) is 0 Å². The molecular weight excluding hydrogens is 433 g/mol. The molecule has 0 spiro atoms. The third-order valence-electron chi connectivity index (χ3n) is 5.05. The summed E-state index contributed by atoms with van der Waals surface area (Å²) in [7, 11) is -0.845. The number of fused-ring (bicyclic) bond motifs is 1. The first-order valence-corrected chi connectivity index (χ1v) is 11.3. The number of aromatic nitrogens is 2. The van der Waals surface area contributed by atoms with Crippen LogP contribution in [0.4, 0.5) is 4.39 Å². The number of imidazole rings is 1. The van der Waals surface area contributed by atoms with Gasteiger partial charge in [0.2, 0.25) is 10.0 Å². The standard InChI is InChI=1S/C23H22FN3O4S/c1-30-21-12-11-18(15-22(21)31-2)32(28,29)25-13-14-27-20-6-4-3-5-19(20)26-23(27)16-7-9-17(24)10-8-16/h3-12,15,25H,13-14H2,1-2H3. The van der Waals surface area contributed by atoms with E-state index >= 15 is 0 Å². The molecule has 0 saturated heterocycles. The molecule has 4 aromatic rings. The molecule has 0 aliphatic rings. The number of sulfonamides is 1. The summed E-state index contributed by atoms with van der Waals surface area (Å²) < 4.78 is 53.9. The van der Waals surface area contributed by atoms with Gasteiger partial charge in [-0.1, -0.05) is 12.1 Å². The zero-order chi connectivity index (χ0) is 22.7. The zero-order valence-electron chi connectivity index (χ0n) is 17.6. The first-order chi connectivity index (χ1) is 15.4. The van der Waals surface area contributed by atoms with Crippen LogP contribution in [0.1, 0.15) is 0 Å². The lowest BCUT2D eigenvalue weighted by atomic mass is 10.2. The minimum absolute atomic E-state index is 0.0735. The first kappa shape index (κ1) is 21.8. The van der Waals surface area contributed by atoms with Crippen molar-refractivity contribution in [3.63, 3.8) is 0 Å². The minimum atomic E-state index is -3.78. The summed E-state index contributed by atoms with van der Waals surface area (Å²) in [5.74, 6) is 1.07. The maximum atomic E-state index is 13.4. The van der Waals surface area contributed by atoms with Gasteiger partial charge in [-0.25, -0.2) is 22.5 Å². The topological polar surface area (TPSA) is 82.5 Å². The fourth-order valence-electron chi connectivity index (χ4n) is 3.48. The van der Waals surface area contributed by atoms with Crippen LogP contribution in [0.3, 0.4) is 0 Å². The van der Waals surface area contributed by atoms with Crippen LogP contribution in [-0.2, 0) is 16.6 Å². The molecule has 1 aromatic heterocycles. The molecule has 0 amide bonds. The van der Waals surface area contributed by atoms with Crippen LogP contribution < -0.4 is 14.2 Å². The number of methoxy groups -OCH3 is 2. The molecule has 9 heteroatoms. The number of ether oxygens (including phenoxy) is 2. The number of para-hydroxylation sites is 2. The number of nitrogens with zero attached hydrogens (tertiary/aromatic N) is 2. The average Bonchev–Trinajstić information content (AvgIpc) is 3.17. The van der Waals surface area contributed by atoms with Crippen molar-refractivity contribution in [3.8, 4) is 22.9 Å². The van der Waals surface area contributed by atoms with Crippen molar-refractivity contribution < 1.29 is 22.3 Å². The maximum absolute atomic E-state index is 13.4. The van der Waals surface area contributed by atoms with Gasteiger partial charge in [0.25, 0.3) is 0 Å². The van der Waals surface area contributed by atoms with Gasteiger partial charge in [0, 0.05) is 24.7 Å². The summed E-state index contributed by atoms with van der Waals surface area (Å²) in [6, 6.07) is 18.0. The van der Waals surface area contributed by atoms with E-state index in [9.17, 15) is 12.8 Å². The lowest BCUT2D eigenvalue weighted by molar-refractivity contribution is 0.354. The highest BCUT2D eigenvalue weighted by atomic mass is 32.2. The van der Waals surface area contributed by atoms with Crippen LogP contribution >= 0.6 is 0 Å². The highest BCUT2D eigenvalue weighted by molar-refractivity contribution is 7.89. The Bertz CT molecular complexity index is 1350. The molecule has 3 aromatic carbocycles. The van der Waals surface area contributed by atoms with Crippen molar-refractivity contribution in [2.75, 3.05) is 20.8 Å². The summed E-state index contributed by atoms with van der Waals surface area (Å²) in [4.78, 5) is 4.73. The monoisotopic (exact) mass is 455 g/mol. The molecule has 0 unspecified atom stereocenters. The second-order valence-corrected chi connectivity index (χ2v) is 8.76. The Morgan fingerprint density at radius 1 is 0.969 bits per heavy atom. The number of nitrogens with one attached hydrogen (secondary N) is 1. The number of benzene rings is 3. The fraction of sp³-hybridized carbons (Fsp3) is 0.174. The molecule has 0 radical (unpaired) electrons. The Hall–Kier alpha value is -3.43. The fourth-order valence-corrected chi connectivity index (χ4v) is 4.52. The van der Waals surface area contributed by atoms with Crippen LogP contribution in [0.15, 0.2) is 71.6 Å². The van der Waals surface area contributed by atoms with Crippen LogP contribution in [0.5, 0.6) is 11.5 Å². The van der Waals surface area contributed by atoms with Crippen LogP contribution in [0.25, 0.3) is 22.4 Å². The van der Waals surface area contributed by atoms with Crippen LogP contribution in [0.2, 0.25) is 0 Å².